The van der Waals surface area contributed by atoms with E-state index in [2.05, 4.69) is 52.1 Å². The number of carbonyl (C=O) groups is 1. The monoisotopic (exact) mass is 371 g/mol. The lowest BCUT2D eigenvalue weighted by molar-refractivity contribution is -0.136. The van der Waals surface area contributed by atoms with Crippen LogP contribution in [0.3, 0.4) is 0 Å². The first-order chi connectivity index (χ1) is 13.1. The zero-order chi connectivity index (χ0) is 18.7. The predicted octanol–water partition coefficient (Wildman–Crippen LogP) is 2.05. The molecule has 0 saturated carbocycles. The number of ether oxygens (including phenoxy) is 1. The number of likely N-dealkylation sites (tertiary alicyclic amines) is 2. The second kappa shape index (κ2) is 8.29. The fraction of sp³-hybridized carbons (Fsp3) is 0.682. The summed E-state index contributed by atoms with van der Waals surface area (Å²) < 4.78 is 5.39. The average molecular weight is 372 g/mol. The number of nitrogens with zero attached hydrogens (tertiary/aromatic N) is 3. The number of piperidine rings is 2. The van der Waals surface area contributed by atoms with E-state index < -0.39 is 0 Å². The molecule has 3 aliphatic heterocycles. The van der Waals surface area contributed by atoms with Crippen LogP contribution in [0.2, 0.25) is 0 Å². The molecule has 1 atom stereocenters. The molecule has 3 heterocycles. The molecule has 1 spiro atoms. The molecule has 1 amide bonds. The number of hydrogen-bond donors (Lipinski definition) is 0. The first kappa shape index (κ1) is 18.9. The zero-order valence-electron chi connectivity index (χ0n) is 16.6. The zero-order valence-corrected chi connectivity index (χ0v) is 16.6. The van der Waals surface area contributed by atoms with Crippen LogP contribution in [-0.4, -0.2) is 86.7 Å². The van der Waals surface area contributed by atoms with Crippen LogP contribution in [0.5, 0.6) is 0 Å². The molecule has 0 aromatic heterocycles. The molecule has 3 aliphatic rings. The number of carbonyl (C=O) groups excluding carboxylic acids is 1. The van der Waals surface area contributed by atoms with Crippen LogP contribution in [0.25, 0.3) is 0 Å². The van der Waals surface area contributed by atoms with Crippen LogP contribution in [-0.2, 0) is 9.53 Å². The summed E-state index contributed by atoms with van der Waals surface area (Å²) in [6, 6.07) is 11.0. The third kappa shape index (κ3) is 4.53. The summed E-state index contributed by atoms with van der Waals surface area (Å²) in [6.45, 7) is 7.97. The summed E-state index contributed by atoms with van der Waals surface area (Å²) in [5.41, 5.74) is 1.83. The Morgan fingerprint density at radius 2 is 1.81 bits per heavy atom. The number of likely N-dealkylation sites (N-methyl/N-ethyl adjacent to an activating group) is 1. The fourth-order valence-electron chi connectivity index (χ4n) is 5.26. The van der Waals surface area contributed by atoms with E-state index in [9.17, 15) is 4.79 Å². The largest absolute Gasteiger partial charge is 0.379 e. The van der Waals surface area contributed by atoms with Crippen molar-refractivity contribution in [2.75, 3.05) is 66.1 Å². The Morgan fingerprint density at radius 3 is 2.52 bits per heavy atom. The Hall–Kier alpha value is -1.43. The minimum atomic E-state index is 0.301. The highest BCUT2D eigenvalue weighted by Gasteiger charge is 2.42. The summed E-state index contributed by atoms with van der Waals surface area (Å²) in [5.74, 6) is 0.913. The van der Waals surface area contributed by atoms with Crippen molar-refractivity contribution in [3.8, 4) is 0 Å². The van der Waals surface area contributed by atoms with Gasteiger partial charge in [-0.1, -0.05) is 30.3 Å². The highest BCUT2D eigenvalue weighted by atomic mass is 16.5. The predicted molar refractivity (Wildman–Crippen MR) is 107 cm³/mol. The summed E-state index contributed by atoms with van der Waals surface area (Å²) in [7, 11) is 2.26. The van der Waals surface area contributed by atoms with Crippen molar-refractivity contribution in [1.82, 2.24) is 14.7 Å². The van der Waals surface area contributed by atoms with Gasteiger partial charge >= 0.3 is 0 Å². The minimum absolute atomic E-state index is 0.301. The van der Waals surface area contributed by atoms with E-state index in [1.807, 2.05) is 0 Å². The van der Waals surface area contributed by atoms with Crippen molar-refractivity contribution in [3.05, 3.63) is 35.9 Å². The quantitative estimate of drug-likeness (QED) is 0.815. The van der Waals surface area contributed by atoms with Gasteiger partial charge in [-0.2, -0.15) is 0 Å². The van der Waals surface area contributed by atoms with Gasteiger partial charge in [-0.05, 0) is 43.2 Å². The number of morpholine rings is 1. The minimum Gasteiger partial charge on any atom is -0.379 e. The van der Waals surface area contributed by atoms with Gasteiger partial charge in [0, 0.05) is 39.3 Å². The first-order valence-electron chi connectivity index (χ1n) is 10.4. The molecule has 0 N–H and O–H groups in total. The Labute approximate surface area is 163 Å². The van der Waals surface area contributed by atoms with Crippen LogP contribution < -0.4 is 0 Å². The van der Waals surface area contributed by atoms with Crippen LogP contribution in [0.4, 0.5) is 0 Å². The molecular weight excluding hydrogens is 338 g/mol. The highest BCUT2D eigenvalue weighted by molar-refractivity contribution is 5.78. The van der Waals surface area contributed by atoms with Crippen molar-refractivity contribution < 1.29 is 9.53 Å². The molecule has 148 valence electrons. The standard InChI is InChI=1S/C22H33N3O2/c1-23-16-20(19-5-3-2-4-6-19)15-22(18-23)7-9-25(10-8-22)21(26)17-24-11-13-27-14-12-24/h2-6,20H,7-18H2,1H3/t20-/m0/s1. The van der Waals surface area contributed by atoms with E-state index in [1.54, 1.807) is 0 Å². The number of benzene rings is 1. The van der Waals surface area contributed by atoms with Crippen LogP contribution in [0, 0.1) is 5.41 Å². The topological polar surface area (TPSA) is 36.0 Å². The van der Waals surface area contributed by atoms with E-state index in [0.717, 1.165) is 58.8 Å². The van der Waals surface area contributed by atoms with E-state index in [1.165, 1.54) is 18.5 Å². The Kier molecular flexibility index (Phi) is 5.81. The van der Waals surface area contributed by atoms with Crippen LogP contribution in [0.1, 0.15) is 30.7 Å². The highest BCUT2D eigenvalue weighted by Crippen LogP contribution is 2.44. The maximum Gasteiger partial charge on any atom is 0.236 e. The van der Waals surface area contributed by atoms with Gasteiger partial charge in [0.2, 0.25) is 5.91 Å². The van der Waals surface area contributed by atoms with Gasteiger partial charge in [0.1, 0.15) is 0 Å². The molecule has 4 rings (SSSR count). The fourth-order valence-corrected chi connectivity index (χ4v) is 5.26. The second-order valence-electron chi connectivity index (χ2n) is 8.78. The average Bonchev–Trinajstić information content (AvgIpc) is 2.69. The molecule has 5 nitrogen and oxygen atoms in total. The first-order valence-corrected chi connectivity index (χ1v) is 10.4. The lowest BCUT2D eigenvalue weighted by Gasteiger charge is -2.49. The lowest BCUT2D eigenvalue weighted by atomic mass is 9.68. The van der Waals surface area contributed by atoms with Gasteiger partial charge in [0.05, 0.1) is 19.8 Å². The smallest absolute Gasteiger partial charge is 0.236 e. The van der Waals surface area contributed by atoms with Crippen molar-refractivity contribution >= 4 is 5.91 Å². The molecule has 1 aromatic carbocycles. The van der Waals surface area contributed by atoms with Crippen LogP contribution >= 0.6 is 0 Å². The normalized spacial score (nSPS) is 27.0. The SMILES string of the molecule is CN1C[C@@H](c2ccccc2)CC2(CCN(C(=O)CN3CCOCC3)CC2)C1. The van der Waals surface area contributed by atoms with Gasteiger partial charge in [0.15, 0.2) is 0 Å². The molecule has 3 saturated heterocycles. The van der Waals surface area contributed by atoms with Gasteiger partial charge in [-0.25, -0.2) is 0 Å². The van der Waals surface area contributed by atoms with Gasteiger partial charge in [-0.15, -0.1) is 0 Å². The van der Waals surface area contributed by atoms with E-state index in [4.69, 9.17) is 4.74 Å². The third-order valence-electron chi connectivity index (χ3n) is 6.73. The van der Waals surface area contributed by atoms with Crippen molar-refractivity contribution in [1.29, 1.82) is 0 Å². The lowest BCUT2D eigenvalue weighted by Crippen LogP contribution is -2.53. The van der Waals surface area contributed by atoms with Gasteiger partial charge in [-0.3, -0.25) is 9.69 Å². The Morgan fingerprint density at radius 1 is 1.11 bits per heavy atom. The maximum absolute atomic E-state index is 12.7. The van der Waals surface area contributed by atoms with E-state index in [-0.39, 0.29) is 0 Å². The van der Waals surface area contributed by atoms with E-state index >= 15 is 0 Å². The third-order valence-corrected chi connectivity index (χ3v) is 6.73. The molecule has 0 bridgehead atoms. The van der Waals surface area contributed by atoms with Crippen LogP contribution in [0.15, 0.2) is 30.3 Å². The van der Waals surface area contributed by atoms with Gasteiger partial charge < -0.3 is 14.5 Å². The summed E-state index contributed by atoms with van der Waals surface area (Å²) >= 11 is 0. The van der Waals surface area contributed by atoms with Crippen molar-refractivity contribution in [2.45, 2.75) is 25.2 Å². The molecule has 0 aliphatic carbocycles. The summed E-state index contributed by atoms with van der Waals surface area (Å²) in [4.78, 5) is 19.6. The molecule has 3 fully saturated rings. The molecule has 5 heteroatoms. The van der Waals surface area contributed by atoms with Gasteiger partial charge in [0.25, 0.3) is 0 Å². The number of rotatable bonds is 3. The maximum atomic E-state index is 12.7. The number of hydrogen-bond acceptors (Lipinski definition) is 4. The molecule has 1 aromatic rings. The molecule has 27 heavy (non-hydrogen) atoms. The molecule has 0 radical (unpaired) electrons. The van der Waals surface area contributed by atoms with E-state index in [0.29, 0.717) is 23.8 Å². The summed E-state index contributed by atoms with van der Waals surface area (Å²) in [6.07, 6.45) is 3.53. The summed E-state index contributed by atoms with van der Waals surface area (Å²) in [5, 5.41) is 0. The second-order valence-corrected chi connectivity index (χ2v) is 8.78. The Bertz CT molecular complexity index is 622. The van der Waals surface area contributed by atoms with Crippen molar-refractivity contribution in [2.24, 2.45) is 5.41 Å². The van der Waals surface area contributed by atoms with Crippen molar-refractivity contribution in [3.63, 3.8) is 0 Å². The number of amides is 1. The molecular formula is C22H33N3O2. The Balaban J connectivity index is 1.34. The molecule has 0 unspecified atom stereocenters.